The number of H-pyrrole nitrogens is 1. The number of benzene rings is 2. The maximum absolute atomic E-state index is 12.2. The lowest BCUT2D eigenvalue weighted by molar-refractivity contribution is 0.305. The molecule has 5 rings (SSSR count). The van der Waals surface area contributed by atoms with Crippen molar-refractivity contribution < 1.29 is 4.74 Å². The molecule has 1 aliphatic carbocycles. The molecule has 2 aromatic heterocycles. The zero-order valence-corrected chi connectivity index (χ0v) is 18.0. The van der Waals surface area contributed by atoms with Crippen molar-refractivity contribution in [2.45, 2.75) is 25.5 Å². The summed E-state index contributed by atoms with van der Waals surface area (Å²) in [4.78, 5) is 16.0. The van der Waals surface area contributed by atoms with Gasteiger partial charge in [-0.15, -0.1) is 0 Å². The van der Waals surface area contributed by atoms with E-state index in [-0.39, 0.29) is 18.2 Å². The van der Waals surface area contributed by atoms with Crippen molar-refractivity contribution in [1.29, 1.82) is 0 Å². The molecule has 0 amide bonds. The van der Waals surface area contributed by atoms with Crippen LogP contribution in [0.3, 0.4) is 0 Å². The topological polar surface area (TPSA) is 103 Å². The van der Waals surface area contributed by atoms with E-state index in [0.29, 0.717) is 38.5 Å². The fraction of sp³-hybridized carbons (Fsp3) is 0.217. The molecular formula is C23H19ClN6O2. The molecular weight excluding hydrogens is 428 g/mol. The molecule has 0 radical (unpaired) electrons. The number of nitrogens with one attached hydrogen (secondary N) is 1. The summed E-state index contributed by atoms with van der Waals surface area (Å²) in [7, 11) is 1.82. The number of aromatic nitrogens is 4. The Bertz CT molecular complexity index is 1460. The standard InChI is InChI=1S/C23H19ClN6O2/c1-26-20-15(7-8-18(24)22(20)32-13-4-5-13)21-17(11-27-30(21)2)12-3-6-14-16(9-12)19(10-25)28-29-23(14)31/h3,6-9,11,13H,4-5,10,25H2,2H3,(H,29,31). The molecule has 1 aliphatic rings. The van der Waals surface area contributed by atoms with E-state index in [1.54, 1.807) is 23.0 Å². The van der Waals surface area contributed by atoms with Crippen molar-refractivity contribution in [2.75, 3.05) is 0 Å². The summed E-state index contributed by atoms with van der Waals surface area (Å²) < 4.78 is 7.69. The zero-order valence-electron chi connectivity index (χ0n) is 17.2. The van der Waals surface area contributed by atoms with Crippen molar-refractivity contribution in [3.05, 3.63) is 69.0 Å². The van der Waals surface area contributed by atoms with Gasteiger partial charge in [0.25, 0.3) is 5.56 Å². The molecule has 2 aromatic carbocycles. The lowest BCUT2D eigenvalue weighted by Crippen LogP contribution is -2.13. The number of aromatic amines is 1. The summed E-state index contributed by atoms with van der Waals surface area (Å²) in [6.45, 7) is 8.01. The minimum Gasteiger partial charge on any atom is -0.500 e. The number of hydrogen-bond acceptors (Lipinski definition) is 5. The molecule has 0 aliphatic heterocycles. The Morgan fingerprint density at radius 2 is 2.09 bits per heavy atom. The first-order valence-corrected chi connectivity index (χ1v) is 10.5. The molecule has 9 heteroatoms. The summed E-state index contributed by atoms with van der Waals surface area (Å²) >= 11 is 6.38. The van der Waals surface area contributed by atoms with E-state index in [2.05, 4.69) is 20.1 Å². The van der Waals surface area contributed by atoms with Crippen LogP contribution in [-0.2, 0) is 13.6 Å². The van der Waals surface area contributed by atoms with Crippen LogP contribution in [0.4, 0.5) is 5.69 Å². The van der Waals surface area contributed by atoms with Crippen LogP contribution in [0.2, 0.25) is 5.02 Å². The van der Waals surface area contributed by atoms with E-state index < -0.39 is 0 Å². The van der Waals surface area contributed by atoms with E-state index >= 15 is 0 Å². The van der Waals surface area contributed by atoms with Gasteiger partial charge in [0.15, 0.2) is 0 Å². The molecule has 8 nitrogen and oxygen atoms in total. The third-order valence-corrected chi connectivity index (χ3v) is 5.87. The highest BCUT2D eigenvalue weighted by Crippen LogP contribution is 2.47. The first kappa shape index (κ1) is 20.2. The molecule has 4 aromatic rings. The first-order valence-electron chi connectivity index (χ1n) is 10.1. The maximum atomic E-state index is 12.2. The summed E-state index contributed by atoms with van der Waals surface area (Å²) in [5, 5.41) is 12.6. The number of aryl methyl sites for hydroxylation is 1. The summed E-state index contributed by atoms with van der Waals surface area (Å²) in [6, 6.07) is 9.05. The van der Waals surface area contributed by atoms with Crippen molar-refractivity contribution >= 4 is 28.1 Å². The van der Waals surface area contributed by atoms with E-state index in [4.69, 9.17) is 28.6 Å². The number of hydrogen-bond donors (Lipinski definition) is 2. The quantitative estimate of drug-likeness (QED) is 0.447. The third kappa shape index (κ3) is 3.32. The number of nitrogens with zero attached hydrogens (tertiary/aromatic N) is 4. The molecule has 3 N–H and O–H groups in total. The van der Waals surface area contributed by atoms with E-state index in [1.807, 2.05) is 25.2 Å². The average Bonchev–Trinajstić information content (AvgIpc) is 3.54. The van der Waals surface area contributed by atoms with Crippen LogP contribution in [-0.4, -0.2) is 26.1 Å². The Kier molecular flexibility index (Phi) is 4.93. The maximum Gasteiger partial charge on any atom is 0.272 e. The minimum absolute atomic E-state index is 0.107. The van der Waals surface area contributed by atoms with E-state index in [1.165, 1.54) is 0 Å². The van der Waals surface area contributed by atoms with Gasteiger partial charge >= 0.3 is 0 Å². The largest absolute Gasteiger partial charge is 0.500 e. The smallest absolute Gasteiger partial charge is 0.272 e. The molecule has 1 fully saturated rings. The van der Waals surface area contributed by atoms with E-state index in [9.17, 15) is 4.79 Å². The van der Waals surface area contributed by atoms with Crippen molar-refractivity contribution in [3.8, 4) is 28.1 Å². The van der Waals surface area contributed by atoms with Crippen LogP contribution in [0.25, 0.3) is 38.0 Å². The van der Waals surface area contributed by atoms with Crippen LogP contribution < -0.4 is 16.0 Å². The van der Waals surface area contributed by atoms with Gasteiger partial charge in [-0.1, -0.05) is 23.7 Å². The van der Waals surface area contributed by atoms with Gasteiger partial charge in [-0.25, -0.2) is 9.94 Å². The Morgan fingerprint density at radius 1 is 1.28 bits per heavy atom. The molecule has 0 saturated heterocycles. The van der Waals surface area contributed by atoms with Gasteiger partial charge in [-0.3, -0.25) is 9.48 Å². The van der Waals surface area contributed by atoms with Crippen LogP contribution in [0.1, 0.15) is 18.5 Å². The van der Waals surface area contributed by atoms with Crippen LogP contribution in [0, 0.1) is 6.57 Å². The van der Waals surface area contributed by atoms with Gasteiger partial charge in [-0.05, 0) is 36.6 Å². The lowest BCUT2D eigenvalue weighted by Gasteiger charge is -2.15. The Balaban J connectivity index is 1.72. The second kappa shape index (κ2) is 7.79. The van der Waals surface area contributed by atoms with Gasteiger partial charge in [-0.2, -0.15) is 10.2 Å². The SMILES string of the molecule is [C-]#[N+]c1c(-c2c(-c3ccc4c(=O)[nH]nc(CN)c4c3)cnn2C)ccc(Cl)c1OC1CC1. The predicted octanol–water partition coefficient (Wildman–Crippen LogP) is 4.19. The van der Waals surface area contributed by atoms with Gasteiger partial charge in [0, 0.05) is 30.1 Å². The highest BCUT2D eigenvalue weighted by atomic mass is 35.5. The second-order valence-electron chi connectivity index (χ2n) is 7.70. The minimum atomic E-state index is -0.273. The first-order chi connectivity index (χ1) is 15.5. The summed E-state index contributed by atoms with van der Waals surface area (Å²) in [6.07, 6.45) is 3.77. The highest BCUT2D eigenvalue weighted by Gasteiger charge is 2.28. The van der Waals surface area contributed by atoms with Crippen LogP contribution in [0.5, 0.6) is 5.75 Å². The second-order valence-corrected chi connectivity index (χ2v) is 8.10. The van der Waals surface area contributed by atoms with Crippen LogP contribution in [0.15, 0.2) is 41.3 Å². The normalized spacial score (nSPS) is 13.3. The van der Waals surface area contributed by atoms with Crippen molar-refractivity contribution in [3.63, 3.8) is 0 Å². The number of nitrogens with two attached hydrogens (primary N) is 1. The molecule has 32 heavy (non-hydrogen) atoms. The molecule has 1 saturated carbocycles. The molecule has 0 spiro atoms. The fourth-order valence-corrected chi connectivity index (χ4v) is 4.02. The van der Waals surface area contributed by atoms with E-state index in [0.717, 1.165) is 29.7 Å². The molecule has 160 valence electrons. The Labute approximate surface area is 188 Å². The number of ether oxygens (including phenoxy) is 1. The average molecular weight is 447 g/mol. The van der Waals surface area contributed by atoms with Gasteiger partial charge < -0.3 is 10.5 Å². The van der Waals surface area contributed by atoms with Gasteiger partial charge in [0.1, 0.15) is 5.75 Å². The Hall–Kier alpha value is -3.67. The number of rotatable bonds is 5. The predicted molar refractivity (Wildman–Crippen MR) is 123 cm³/mol. The monoisotopic (exact) mass is 446 g/mol. The van der Waals surface area contributed by atoms with Crippen molar-refractivity contribution in [2.24, 2.45) is 12.8 Å². The van der Waals surface area contributed by atoms with Crippen molar-refractivity contribution in [1.82, 2.24) is 20.0 Å². The van der Waals surface area contributed by atoms with Gasteiger partial charge in [0.2, 0.25) is 5.69 Å². The lowest BCUT2D eigenvalue weighted by atomic mass is 9.97. The molecule has 0 unspecified atom stereocenters. The summed E-state index contributed by atoms with van der Waals surface area (Å²) in [5.74, 6) is 0.411. The summed E-state index contributed by atoms with van der Waals surface area (Å²) in [5.41, 5.74) is 9.58. The third-order valence-electron chi connectivity index (χ3n) is 5.57. The van der Waals surface area contributed by atoms with Gasteiger partial charge in [0.05, 0.1) is 40.7 Å². The number of halogens is 1. The fourth-order valence-electron chi connectivity index (χ4n) is 3.82. The zero-order chi connectivity index (χ0) is 22.4. The Morgan fingerprint density at radius 3 is 2.81 bits per heavy atom. The molecule has 0 bridgehead atoms. The molecule has 0 atom stereocenters. The molecule has 2 heterocycles. The number of fused-ring (bicyclic) bond motifs is 1. The van der Waals surface area contributed by atoms with Crippen LogP contribution >= 0.6 is 11.6 Å². The highest BCUT2D eigenvalue weighted by molar-refractivity contribution is 6.33.